The summed E-state index contributed by atoms with van der Waals surface area (Å²) < 4.78 is 15.4. The molecule has 98 valence electrons. The fourth-order valence-electron chi connectivity index (χ4n) is 1.63. The summed E-state index contributed by atoms with van der Waals surface area (Å²) in [7, 11) is 0. The summed E-state index contributed by atoms with van der Waals surface area (Å²) >= 11 is 11.9. The Hall–Kier alpha value is -0.520. The molecule has 1 fully saturated rings. The van der Waals surface area contributed by atoms with Crippen LogP contribution in [-0.4, -0.2) is 41.2 Å². The van der Waals surface area contributed by atoms with E-state index in [-0.39, 0.29) is 0 Å². The van der Waals surface area contributed by atoms with Gasteiger partial charge in [-0.15, -0.1) is 11.6 Å². The molecule has 0 aromatic rings. The van der Waals surface area contributed by atoms with Gasteiger partial charge in [-0.2, -0.15) is 0 Å². The molecule has 0 saturated carbocycles. The first-order valence-electron chi connectivity index (χ1n) is 5.11. The highest BCUT2D eigenvalue weighted by molar-refractivity contribution is 6.29. The lowest BCUT2D eigenvalue weighted by Gasteiger charge is -2.40. The Morgan fingerprint density at radius 3 is 2.00 bits per heavy atom. The van der Waals surface area contributed by atoms with E-state index in [1.165, 1.54) is 13.8 Å². The molecule has 1 saturated heterocycles. The van der Waals surface area contributed by atoms with Crippen molar-refractivity contribution in [2.75, 3.05) is 0 Å². The predicted molar refractivity (Wildman–Crippen MR) is 60.9 cm³/mol. The molecule has 1 aliphatic rings. The predicted octanol–water partition coefficient (Wildman–Crippen LogP) is 1.44. The summed E-state index contributed by atoms with van der Waals surface area (Å²) in [5.41, 5.74) is -0.803. The highest BCUT2D eigenvalue weighted by Gasteiger charge is 2.46. The lowest BCUT2D eigenvalue weighted by Crippen LogP contribution is -2.56. The quantitative estimate of drug-likeness (QED) is 0.567. The number of esters is 2. The number of halogens is 2. The van der Waals surface area contributed by atoms with E-state index in [1.54, 1.807) is 6.92 Å². The molecule has 5 atom stereocenters. The van der Waals surface area contributed by atoms with E-state index in [2.05, 4.69) is 0 Å². The minimum atomic E-state index is -0.815. The van der Waals surface area contributed by atoms with Crippen LogP contribution in [0.4, 0.5) is 0 Å². The number of carbonyl (C=O) groups excluding carboxylic acids is 2. The van der Waals surface area contributed by atoms with Crippen molar-refractivity contribution in [3.63, 3.8) is 0 Å². The molecule has 0 amide bonds. The van der Waals surface area contributed by atoms with E-state index in [9.17, 15) is 9.59 Å². The molecule has 0 aliphatic carbocycles. The second-order valence-electron chi connectivity index (χ2n) is 3.78. The van der Waals surface area contributed by atoms with Crippen LogP contribution in [0.15, 0.2) is 0 Å². The average molecular weight is 285 g/mol. The molecule has 0 radical (unpaired) electrons. The van der Waals surface area contributed by atoms with Crippen LogP contribution in [0, 0.1) is 0 Å². The van der Waals surface area contributed by atoms with Gasteiger partial charge in [0.05, 0.1) is 6.10 Å². The molecule has 0 aromatic heterocycles. The molecule has 0 unspecified atom stereocenters. The maximum Gasteiger partial charge on any atom is 0.303 e. The third-order valence-electron chi connectivity index (χ3n) is 2.30. The van der Waals surface area contributed by atoms with Gasteiger partial charge < -0.3 is 14.2 Å². The Bertz CT molecular complexity index is 309. The summed E-state index contributed by atoms with van der Waals surface area (Å²) in [6.45, 7) is 4.17. The monoisotopic (exact) mass is 284 g/mol. The molecule has 0 N–H and O–H groups in total. The first kappa shape index (κ1) is 14.5. The van der Waals surface area contributed by atoms with Crippen LogP contribution in [0.5, 0.6) is 0 Å². The van der Waals surface area contributed by atoms with Gasteiger partial charge in [0.25, 0.3) is 0 Å². The number of rotatable bonds is 2. The normalized spacial score (nSPS) is 37.4. The number of hydrogen-bond acceptors (Lipinski definition) is 5. The van der Waals surface area contributed by atoms with Crippen molar-refractivity contribution in [1.82, 2.24) is 0 Å². The minimum absolute atomic E-state index is 0.499. The summed E-state index contributed by atoms with van der Waals surface area (Å²) in [6, 6.07) is 0. The number of ether oxygens (including phenoxy) is 3. The van der Waals surface area contributed by atoms with Crippen LogP contribution in [0.3, 0.4) is 0 Å². The smallest absolute Gasteiger partial charge is 0.303 e. The van der Waals surface area contributed by atoms with Gasteiger partial charge >= 0.3 is 11.9 Å². The number of hydrogen-bond donors (Lipinski definition) is 0. The maximum absolute atomic E-state index is 11.0. The second-order valence-corrected chi connectivity index (χ2v) is 4.72. The van der Waals surface area contributed by atoms with Crippen LogP contribution in [0.1, 0.15) is 20.8 Å². The van der Waals surface area contributed by atoms with Crippen LogP contribution in [0.25, 0.3) is 0 Å². The largest absolute Gasteiger partial charge is 0.457 e. The van der Waals surface area contributed by atoms with E-state index in [0.717, 1.165) is 0 Å². The van der Waals surface area contributed by atoms with Crippen molar-refractivity contribution in [1.29, 1.82) is 0 Å². The van der Waals surface area contributed by atoms with E-state index in [0.29, 0.717) is 0 Å². The SMILES string of the molecule is CC(=O)O[C@@H]1[C@@H](OC(C)=O)[C@H](Cl)[C@H](Cl)O[C@H]1C. The zero-order valence-electron chi connectivity index (χ0n) is 9.68. The van der Waals surface area contributed by atoms with Gasteiger partial charge in [0.2, 0.25) is 0 Å². The Morgan fingerprint density at radius 1 is 1.06 bits per heavy atom. The van der Waals surface area contributed by atoms with Gasteiger partial charge in [-0.1, -0.05) is 11.6 Å². The second kappa shape index (κ2) is 5.89. The Balaban J connectivity index is 2.86. The van der Waals surface area contributed by atoms with Gasteiger partial charge in [0.1, 0.15) is 5.38 Å². The molecule has 1 rings (SSSR count). The Labute approximate surface area is 109 Å². The van der Waals surface area contributed by atoms with Crippen LogP contribution >= 0.6 is 23.2 Å². The average Bonchev–Trinajstić information content (AvgIpc) is 2.19. The highest BCUT2D eigenvalue weighted by atomic mass is 35.5. The zero-order valence-corrected chi connectivity index (χ0v) is 11.2. The molecule has 0 bridgehead atoms. The third kappa shape index (κ3) is 3.72. The van der Waals surface area contributed by atoms with Crippen LogP contribution in [0.2, 0.25) is 0 Å². The molecular formula is C10H14Cl2O5. The van der Waals surface area contributed by atoms with Crippen molar-refractivity contribution in [3.8, 4) is 0 Å². The minimum Gasteiger partial charge on any atom is -0.457 e. The van der Waals surface area contributed by atoms with Crippen molar-refractivity contribution in [3.05, 3.63) is 0 Å². The molecule has 7 heteroatoms. The van der Waals surface area contributed by atoms with E-state index in [4.69, 9.17) is 37.4 Å². The number of carbonyl (C=O) groups is 2. The highest BCUT2D eigenvalue weighted by Crippen LogP contribution is 2.31. The topological polar surface area (TPSA) is 61.8 Å². The summed E-state index contributed by atoms with van der Waals surface area (Å²) in [4.78, 5) is 22.0. The van der Waals surface area contributed by atoms with Gasteiger partial charge in [0.15, 0.2) is 17.8 Å². The first-order chi connectivity index (χ1) is 7.82. The lowest BCUT2D eigenvalue weighted by molar-refractivity contribution is -0.193. The summed E-state index contributed by atoms with van der Waals surface area (Å²) in [5, 5.41) is -0.777. The van der Waals surface area contributed by atoms with Gasteiger partial charge in [-0.25, -0.2) is 0 Å². The molecular weight excluding hydrogens is 271 g/mol. The third-order valence-corrected chi connectivity index (χ3v) is 3.28. The Kier molecular flexibility index (Phi) is 5.04. The standard InChI is InChI=1S/C10H14Cl2O5/c1-4-8(16-5(2)13)9(17-6(3)14)7(11)10(12)15-4/h4,7-10H,1-3H3/t4-,7-,8-,9-,10+/m0/s1. The van der Waals surface area contributed by atoms with Crippen molar-refractivity contribution < 1.29 is 23.8 Å². The molecule has 5 nitrogen and oxygen atoms in total. The van der Waals surface area contributed by atoms with Gasteiger partial charge in [-0.05, 0) is 6.92 Å². The molecule has 0 spiro atoms. The van der Waals surface area contributed by atoms with Gasteiger partial charge in [0, 0.05) is 13.8 Å². The molecule has 17 heavy (non-hydrogen) atoms. The number of alkyl halides is 2. The van der Waals surface area contributed by atoms with Crippen molar-refractivity contribution in [2.45, 2.75) is 50.0 Å². The molecule has 0 aromatic carbocycles. The van der Waals surface area contributed by atoms with E-state index < -0.39 is 41.2 Å². The lowest BCUT2D eigenvalue weighted by atomic mass is 10.0. The fourth-order valence-corrected chi connectivity index (χ4v) is 2.19. The van der Waals surface area contributed by atoms with E-state index >= 15 is 0 Å². The van der Waals surface area contributed by atoms with Gasteiger partial charge in [-0.3, -0.25) is 9.59 Å². The molecule has 1 heterocycles. The summed E-state index contributed by atoms with van der Waals surface area (Å²) in [6.07, 6.45) is -2.07. The van der Waals surface area contributed by atoms with Crippen LogP contribution in [-0.2, 0) is 23.8 Å². The van der Waals surface area contributed by atoms with Crippen LogP contribution < -0.4 is 0 Å². The maximum atomic E-state index is 11.0. The first-order valence-corrected chi connectivity index (χ1v) is 5.98. The van der Waals surface area contributed by atoms with Crippen molar-refractivity contribution >= 4 is 35.1 Å². The van der Waals surface area contributed by atoms with Crippen molar-refractivity contribution in [2.24, 2.45) is 0 Å². The zero-order chi connectivity index (χ0) is 13.2. The summed E-state index contributed by atoms with van der Waals surface area (Å²) in [5.74, 6) is -1.02. The van der Waals surface area contributed by atoms with E-state index in [1.807, 2.05) is 0 Å². The fraction of sp³-hybridized carbons (Fsp3) is 0.800. The molecule has 1 aliphatic heterocycles. The Morgan fingerprint density at radius 2 is 1.53 bits per heavy atom.